The fourth-order valence-electron chi connectivity index (χ4n) is 3.68. The van der Waals surface area contributed by atoms with Crippen molar-refractivity contribution in [3.8, 4) is 10.6 Å². The van der Waals surface area contributed by atoms with Gasteiger partial charge in [-0.15, -0.1) is 11.3 Å². The number of rotatable bonds is 4. The predicted molar refractivity (Wildman–Crippen MR) is 107 cm³/mol. The molecular weight excluding hydrogens is 380 g/mol. The molecule has 0 aliphatic heterocycles. The van der Waals surface area contributed by atoms with Crippen LogP contribution in [0.4, 0.5) is 11.6 Å². The highest BCUT2D eigenvalue weighted by Gasteiger charge is 2.41. The van der Waals surface area contributed by atoms with Crippen molar-refractivity contribution in [2.24, 2.45) is 5.92 Å². The Labute approximate surface area is 165 Å². The van der Waals surface area contributed by atoms with Gasteiger partial charge in [-0.25, -0.2) is 19.9 Å². The lowest BCUT2D eigenvalue weighted by Gasteiger charge is -2.20. The first kappa shape index (κ1) is 18.9. The van der Waals surface area contributed by atoms with E-state index in [2.05, 4.69) is 25.3 Å². The maximum Gasteiger partial charge on any atom is 0.150 e. The summed E-state index contributed by atoms with van der Waals surface area (Å²) < 4.78 is 0.907. The Hall–Kier alpha value is -2.40. The molecule has 0 unspecified atom stereocenters. The van der Waals surface area contributed by atoms with Crippen LogP contribution >= 0.6 is 11.3 Å². The zero-order valence-corrected chi connectivity index (χ0v) is 16.3. The largest absolute Gasteiger partial charge is 0.396 e. The van der Waals surface area contributed by atoms with E-state index in [0.717, 1.165) is 16.0 Å². The van der Waals surface area contributed by atoms with Crippen molar-refractivity contribution in [1.82, 2.24) is 19.9 Å². The Morgan fingerprint density at radius 2 is 2.00 bits per heavy atom. The van der Waals surface area contributed by atoms with Gasteiger partial charge in [-0.05, 0) is 26.3 Å². The van der Waals surface area contributed by atoms with Crippen LogP contribution in [0.3, 0.4) is 0 Å². The second-order valence-corrected chi connectivity index (χ2v) is 8.08. The molecule has 1 fully saturated rings. The summed E-state index contributed by atoms with van der Waals surface area (Å²) in [4.78, 5) is 17.7. The minimum absolute atomic E-state index is 0.185. The third-order valence-electron chi connectivity index (χ3n) is 5.11. The van der Waals surface area contributed by atoms with E-state index in [0.29, 0.717) is 34.4 Å². The number of anilines is 2. The van der Waals surface area contributed by atoms with Crippen molar-refractivity contribution in [2.75, 3.05) is 17.7 Å². The van der Waals surface area contributed by atoms with Crippen LogP contribution in [-0.4, -0.2) is 60.1 Å². The molecule has 3 aromatic rings. The highest BCUT2D eigenvalue weighted by atomic mass is 32.1. The predicted octanol–water partition coefficient (Wildman–Crippen LogP) is 0.862. The number of pyridine rings is 1. The molecule has 9 nitrogen and oxygen atoms in total. The molecule has 10 heteroatoms. The van der Waals surface area contributed by atoms with Crippen LogP contribution in [0.5, 0.6) is 0 Å². The normalized spacial score (nSPS) is 24.8. The molecule has 3 heterocycles. The fourth-order valence-corrected chi connectivity index (χ4v) is 4.75. The molecule has 0 bridgehead atoms. The zero-order valence-electron chi connectivity index (χ0n) is 15.5. The number of nitrogen functional groups attached to an aromatic ring is 1. The van der Waals surface area contributed by atoms with Gasteiger partial charge in [0.2, 0.25) is 0 Å². The third kappa shape index (κ3) is 3.18. The summed E-state index contributed by atoms with van der Waals surface area (Å²) >= 11 is 1.46. The summed E-state index contributed by atoms with van der Waals surface area (Å²) in [6.45, 7) is 3.48. The molecule has 0 saturated heterocycles. The lowest BCUT2D eigenvalue weighted by molar-refractivity contribution is 0.00446. The Morgan fingerprint density at radius 3 is 2.68 bits per heavy atom. The number of nitrogens with one attached hydrogen (secondary N) is 1. The van der Waals surface area contributed by atoms with Crippen LogP contribution in [0.2, 0.25) is 0 Å². The van der Waals surface area contributed by atoms with Crippen molar-refractivity contribution in [3.05, 3.63) is 23.8 Å². The number of hydrogen-bond donors (Lipinski definition) is 5. The highest BCUT2D eigenvalue weighted by molar-refractivity contribution is 7.21. The van der Waals surface area contributed by atoms with Crippen LogP contribution in [0, 0.1) is 19.8 Å². The topological polar surface area (TPSA) is 150 Å². The fraction of sp³-hybridized carbons (Fsp3) is 0.444. The standard InChI is InChI=1S/C18H22N6O3S/c1-7-12(18-24-13-11(28-18)3-4-20-16(13)19)17(22-8(2)21-7)23-10-5-9(6-25)14(26)15(10)27/h3-4,9-10,14-15,25-27H,5-6H2,1-2H3,(H2,19,20)(H,21,22,23)/t9-,10-,14-,15+/m1/s1. The number of thiazole rings is 1. The summed E-state index contributed by atoms with van der Waals surface area (Å²) in [6, 6.07) is 1.41. The number of fused-ring (bicyclic) bond motifs is 1. The van der Waals surface area contributed by atoms with Gasteiger partial charge in [0.1, 0.15) is 28.3 Å². The Balaban J connectivity index is 1.77. The van der Waals surface area contributed by atoms with Gasteiger partial charge in [-0.3, -0.25) is 0 Å². The summed E-state index contributed by atoms with van der Waals surface area (Å²) in [7, 11) is 0. The molecule has 1 aliphatic carbocycles. The molecule has 0 aromatic carbocycles. The van der Waals surface area contributed by atoms with Crippen molar-refractivity contribution >= 4 is 33.2 Å². The van der Waals surface area contributed by atoms with E-state index in [9.17, 15) is 15.3 Å². The van der Waals surface area contributed by atoms with E-state index in [1.807, 2.05) is 13.0 Å². The average molecular weight is 402 g/mol. The smallest absolute Gasteiger partial charge is 0.150 e. The molecule has 4 rings (SSSR count). The van der Waals surface area contributed by atoms with Crippen LogP contribution in [0.1, 0.15) is 17.9 Å². The first-order valence-electron chi connectivity index (χ1n) is 8.99. The first-order valence-corrected chi connectivity index (χ1v) is 9.80. The number of nitrogens with two attached hydrogens (primary N) is 1. The molecule has 1 aliphatic rings. The second kappa shape index (κ2) is 7.21. The van der Waals surface area contributed by atoms with Crippen molar-refractivity contribution in [2.45, 2.75) is 38.5 Å². The van der Waals surface area contributed by atoms with Crippen LogP contribution in [0.25, 0.3) is 20.8 Å². The monoisotopic (exact) mass is 402 g/mol. The lowest BCUT2D eigenvalue weighted by atomic mass is 10.1. The lowest BCUT2D eigenvalue weighted by Crippen LogP contribution is -2.35. The van der Waals surface area contributed by atoms with Gasteiger partial charge < -0.3 is 26.4 Å². The number of aromatic nitrogens is 4. The number of nitrogens with zero attached hydrogens (tertiary/aromatic N) is 4. The SMILES string of the molecule is Cc1nc(C)c(-c2nc3c(N)nccc3s2)c(N[C@@H]2C[C@H](CO)[C@@H](O)[C@H]2O)n1. The number of hydrogen-bond acceptors (Lipinski definition) is 10. The van der Waals surface area contributed by atoms with E-state index in [4.69, 9.17) is 5.73 Å². The third-order valence-corrected chi connectivity index (χ3v) is 6.15. The summed E-state index contributed by atoms with van der Waals surface area (Å²) in [5, 5.41) is 33.8. The molecule has 1 saturated carbocycles. The van der Waals surface area contributed by atoms with Crippen molar-refractivity contribution in [1.29, 1.82) is 0 Å². The second-order valence-electron chi connectivity index (χ2n) is 7.05. The Kier molecular flexibility index (Phi) is 4.88. The summed E-state index contributed by atoms with van der Waals surface area (Å²) in [5.74, 6) is 1.09. The Bertz CT molecular complexity index is 1030. The van der Waals surface area contributed by atoms with E-state index < -0.39 is 18.2 Å². The van der Waals surface area contributed by atoms with Gasteiger partial charge in [-0.1, -0.05) is 0 Å². The van der Waals surface area contributed by atoms with Gasteiger partial charge in [0.05, 0.1) is 28.1 Å². The molecule has 148 valence electrons. The van der Waals surface area contributed by atoms with Crippen LogP contribution in [-0.2, 0) is 0 Å². The molecule has 3 aromatic heterocycles. The van der Waals surface area contributed by atoms with Gasteiger partial charge in [0, 0.05) is 18.7 Å². The van der Waals surface area contributed by atoms with Crippen molar-refractivity contribution in [3.63, 3.8) is 0 Å². The molecule has 6 N–H and O–H groups in total. The molecule has 0 radical (unpaired) electrons. The quantitative estimate of drug-likeness (QED) is 0.428. The number of aryl methyl sites for hydroxylation is 2. The minimum Gasteiger partial charge on any atom is -0.396 e. The van der Waals surface area contributed by atoms with Gasteiger partial charge in [-0.2, -0.15) is 0 Å². The van der Waals surface area contributed by atoms with Gasteiger partial charge in [0.15, 0.2) is 5.82 Å². The van der Waals surface area contributed by atoms with Crippen molar-refractivity contribution < 1.29 is 15.3 Å². The molecule has 4 atom stereocenters. The summed E-state index contributed by atoms with van der Waals surface area (Å²) in [6.07, 6.45) is 0.0822. The average Bonchev–Trinajstić information content (AvgIpc) is 3.18. The van der Waals surface area contributed by atoms with Crippen LogP contribution < -0.4 is 11.1 Å². The van der Waals surface area contributed by atoms with Crippen LogP contribution in [0.15, 0.2) is 12.3 Å². The number of aliphatic hydroxyl groups is 3. The minimum atomic E-state index is -1.00. The molecular formula is C18H22N6O3S. The maximum atomic E-state index is 10.4. The summed E-state index contributed by atoms with van der Waals surface area (Å²) in [5.41, 5.74) is 8.04. The maximum absolute atomic E-state index is 10.4. The zero-order chi connectivity index (χ0) is 20.0. The van der Waals surface area contributed by atoms with E-state index in [-0.39, 0.29) is 12.5 Å². The Morgan fingerprint density at radius 1 is 1.21 bits per heavy atom. The number of aliphatic hydroxyl groups excluding tert-OH is 3. The molecule has 28 heavy (non-hydrogen) atoms. The van der Waals surface area contributed by atoms with Gasteiger partial charge >= 0.3 is 0 Å². The molecule has 0 spiro atoms. The highest BCUT2D eigenvalue weighted by Crippen LogP contribution is 2.38. The molecule has 0 amide bonds. The van der Waals surface area contributed by atoms with E-state index >= 15 is 0 Å². The van der Waals surface area contributed by atoms with E-state index in [1.165, 1.54) is 11.3 Å². The van der Waals surface area contributed by atoms with E-state index in [1.54, 1.807) is 13.1 Å². The first-order chi connectivity index (χ1) is 13.4. The van der Waals surface area contributed by atoms with Gasteiger partial charge in [0.25, 0.3) is 0 Å².